The maximum Gasteiger partial charge on any atom is 0.337 e. The molecule has 8 heteroatoms. The fourth-order valence-electron chi connectivity index (χ4n) is 4.51. The van der Waals surface area contributed by atoms with Gasteiger partial charge in [0.25, 0.3) is 0 Å². The Morgan fingerprint density at radius 1 is 0.889 bits per heavy atom. The Morgan fingerprint density at radius 2 is 1.44 bits per heavy atom. The molecule has 2 heterocycles. The molecule has 0 fully saturated rings. The van der Waals surface area contributed by atoms with Gasteiger partial charge < -0.3 is 19.2 Å². The minimum atomic E-state index is -0.996. The molecular formula is C28H28ClNO6. The van der Waals surface area contributed by atoms with Crippen molar-refractivity contribution in [2.24, 2.45) is 0 Å². The normalized spacial score (nSPS) is 14.7. The first-order valence-electron chi connectivity index (χ1n) is 11.8. The second kappa shape index (κ2) is 9.82. The quantitative estimate of drug-likeness (QED) is 0.346. The molecule has 0 unspecified atom stereocenters. The minimum Gasteiger partial charge on any atom is -0.460 e. The van der Waals surface area contributed by atoms with Crippen molar-refractivity contribution in [2.75, 3.05) is 0 Å². The summed E-state index contributed by atoms with van der Waals surface area (Å²) in [5, 5.41) is 4.06. The number of allylic oxidation sites excluding steroid dienone is 2. The third-order valence-electron chi connectivity index (χ3n) is 5.91. The maximum absolute atomic E-state index is 13.4. The van der Waals surface area contributed by atoms with Crippen LogP contribution < -0.4 is 10.7 Å². The van der Waals surface area contributed by atoms with E-state index in [0.717, 1.165) is 0 Å². The van der Waals surface area contributed by atoms with E-state index < -0.39 is 30.1 Å². The van der Waals surface area contributed by atoms with Crippen molar-refractivity contribution < 1.29 is 23.5 Å². The molecule has 0 atom stereocenters. The molecule has 188 valence electrons. The van der Waals surface area contributed by atoms with Crippen LogP contribution in [0, 0.1) is 0 Å². The summed E-state index contributed by atoms with van der Waals surface area (Å²) in [5.74, 6) is -2.22. The Hall–Kier alpha value is -3.58. The average Bonchev–Trinajstić information content (AvgIpc) is 2.77. The van der Waals surface area contributed by atoms with Crippen molar-refractivity contribution in [1.82, 2.24) is 5.32 Å². The van der Waals surface area contributed by atoms with Gasteiger partial charge in [0.05, 0.1) is 40.0 Å². The van der Waals surface area contributed by atoms with Crippen molar-refractivity contribution in [3.63, 3.8) is 0 Å². The lowest BCUT2D eigenvalue weighted by Gasteiger charge is -2.31. The summed E-state index contributed by atoms with van der Waals surface area (Å²) in [6.07, 6.45) is -0.803. The molecule has 3 aromatic rings. The largest absolute Gasteiger partial charge is 0.460 e. The number of rotatable bonds is 5. The number of nitrogens with one attached hydrogen (secondary N) is 1. The number of hydrogen-bond acceptors (Lipinski definition) is 7. The Balaban J connectivity index is 2.10. The number of hydrogen-bond donors (Lipinski definition) is 1. The van der Waals surface area contributed by atoms with E-state index in [0.29, 0.717) is 27.9 Å². The van der Waals surface area contributed by atoms with E-state index in [4.69, 9.17) is 25.5 Å². The Bertz CT molecular complexity index is 1470. The van der Waals surface area contributed by atoms with Crippen molar-refractivity contribution in [2.45, 2.75) is 59.7 Å². The average molecular weight is 510 g/mol. The molecule has 1 aliphatic rings. The van der Waals surface area contributed by atoms with Gasteiger partial charge in [-0.1, -0.05) is 23.7 Å². The van der Waals surface area contributed by atoms with E-state index >= 15 is 0 Å². The molecule has 4 rings (SSSR count). The molecule has 0 saturated heterocycles. The molecule has 0 aliphatic carbocycles. The topological polar surface area (TPSA) is 94.8 Å². The third-order valence-corrected chi connectivity index (χ3v) is 6.24. The van der Waals surface area contributed by atoms with E-state index in [1.54, 1.807) is 77.9 Å². The highest BCUT2D eigenvalue weighted by Gasteiger charge is 2.41. The Morgan fingerprint density at radius 3 is 2.00 bits per heavy atom. The minimum absolute atomic E-state index is 0.190. The number of dihydropyridines is 1. The number of ether oxygens (including phenoxy) is 2. The summed E-state index contributed by atoms with van der Waals surface area (Å²) in [4.78, 5) is 40.2. The maximum atomic E-state index is 13.4. The second-order valence-electron chi connectivity index (χ2n) is 9.31. The summed E-state index contributed by atoms with van der Waals surface area (Å²) >= 11 is 6.76. The standard InChI is InChI=1S/C28H28ClNO6/c1-13(2)34-27(32)21-15(5)30-16(6)22(28(33)35-14(3)4)24(21)23-19(29)12-11-18-25(31)17-9-7-8-10-20(17)36-26(18)23/h7-14,24,30H,1-6H3. The number of benzene rings is 2. The highest BCUT2D eigenvalue weighted by Crippen LogP contribution is 2.45. The van der Waals surface area contributed by atoms with Crippen LogP contribution >= 0.6 is 11.6 Å². The lowest BCUT2D eigenvalue weighted by Crippen LogP contribution is -2.34. The van der Waals surface area contributed by atoms with Gasteiger partial charge in [0.2, 0.25) is 5.43 Å². The number of para-hydroxylation sites is 1. The molecule has 0 spiro atoms. The predicted molar refractivity (Wildman–Crippen MR) is 139 cm³/mol. The van der Waals surface area contributed by atoms with Gasteiger partial charge in [-0.3, -0.25) is 4.79 Å². The molecule has 1 aromatic heterocycles. The molecule has 36 heavy (non-hydrogen) atoms. The molecule has 0 radical (unpaired) electrons. The Kier molecular flexibility index (Phi) is 6.96. The van der Waals surface area contributed by atoms with Crippen molar-refractivity contribution in [3.8, 4) is 0 Å². The number of halogens is 1. The van der Waals surface area contributed by atoms with Gasteiger partial charge in [0, 0.05) is 22.0 Å². The van der Waals surface area contributed by atoms with Gasteiger partial charge in [-0.2, -0.15) is 0 Å². The first-order chi connectivity index (χ1) is 17.0. The van der Waals surface area contributed by atoms with E-state index in [1.165, 1.54) is 0 Å². The summed E-state index contributed by atoms with van der Waals surface area (Å²) < 4.78 is 17.3. The summed E-state index contributed by atoms with van der Waals surface area (Å²) in [6, 6.07) is 10.1. The molecule has 2 aromatic carbocycles. The summed E-state index contributed by atoms with van der Waals surface area (Å²) in [6.45, 7) is 10.4. The monoisotopic (exact) mass is 509 g/mol. The third kappa shape index (κ3) is 4.51. The van der Waals surface area contributed by atoms with Crippen LogP contribution in [0.15, 0.2) is 68.2 Å². The van der Waals surface area contributed by atoms with E-state index in [-0.39, 0.29) is 32.6 Å². The number of fused-ring (bicyclic) bond motifs is 2. The molecule has 1 aliphatic heterocycles. The van der Waals surface area contributed by atoms with Crippen LogP contribution in [0.1, 0.15) is 53.0 Å². The summed E-state index contributed by atoms with van der Waals surface area (Å²) in [5.41, 5.74) is 2.03. The van der Waals surface area contributed by atoms with Gasteiger partial charge in [-0.15, -0.1) is 0 Å². The Labute approximate surface area is 213 Å². The lowest BCUT2D eigenvalue weighted by molar-refractivity contribution is -0.143. The van der Waals surface area contributed by atoms with Gasteiger partial charge in [0.1, 0.15) is 11.2 Å². The van der Waals surface area contributed by atoms with Crippen LogP contribution in [0.3, 0.4) is 0 Å². The van der Waals surface area contributed by atoms with Crippen LogP contribution in [0.4, 0.5) is 0 Å². The van der Waals surface area contributed by atoms with Crippen molar-refractivity contribution in [3.05, 3.63) is 79.7 Å². The zero-order valence-electron chi connectivity index (χ0n) is 21.0. The summed E-state index contributed by atoms with van der Waals surface area (Å²) in [7, 11) is 0. The first-order valence-corrected chi connectivity index (χ1v) is 12.1. The number of carbonyl (C=O) groups is 2. The SMILES string of the molecule is CC1=C(C(=O)OC(C)C)C(c2c(Cl)ccc3c(=O)c4ccccc4oc23)C(C(=O)OC(C)C)=C(C)N1. The number of carbonyl (C=O) groups excluding carboxylic acids is 2. The van der Waals surface area contributed by atoms with Crippen LogP contribution in [0.5, 0.6) is 0 Å². The molecular weight excluding hydrogens is 482 g/mol. The zero-order valence-corrected chi connectivity index (χ0v) is 21.8. The second-order valence-corrected chi connectivity index (χ2v) is 9.72. The van der Waals surface area contributed by atoms with Crippen LogP contribution in [-0.4, -0.2) is 24.1 Å². The van der Waals surface area contributed by atoms with Crippen LogP contribution in [0.25, 0.3) is 21.9 Å². The fraction of sp³-hybridized carbons (Fsp3) is 0.321. The highest BCUT2D eigenvalue weighted by molar-refractivity contribution is 6.32. The molecule has 0 bridgehead atoms. The van der Waals surface area contributed by atoms with Gasteiger partial charge in [-0.05, 0) is 65.8 Å². The molecule has 7 nitrogen and oxygen atoms in total. The van der Waals surface area contributed by atoms with Crippen molar-refractivity contribution in [1.29, 1.82) is 0 Å². The van der Waals surface area contributed by atoms with E-state index in [1.807, 2.05) is 0 Å². The van der Waals surface area contributed by atoms with Crippen LogP contribution in [-0.2, 0) is 19.1 Å². The van der Waals surface area contributed by atoms with E-state index in [2.05, 4.69) is 5.32 Å². The van der Waals surface area contributed by atoms with Crippen molar-refractivity contribution >= 4 is 45.5 Å². The fourth-order valence-corrected chi connectivity index (χ4v) is 4.77. The first kappa shape index (κ1) is 25.5. The molecule has 1 N–H and O–H groups in total. The van der Waals surface area contributed by atoms with Crippen LogP contribution in [0.2, 0.25) is 5.02 Å². The molecule has 0 amide bonds. The number of esters is 2. The highest BCUT2D eigenvalue weighted by atomic mass is 35.5. The van der Waals surface area contributed by atoms with Gasteiger partial charge in [-0.25, -0.2) is 9.59 Å². The zero-order chi connectivity index (χ0) is 26.3. The lowest BCUT2D eigenvalue weighted by atomic mass is 9.79. The van der Waals surface area contributed by atoms with E-state index in [9.17, 15) is 14.4 Å². The molecule has 0 saturated carbocycles. The van der Waals surface area contributed by atoms with Gasteiger partial charge in [0.15, 0.2) is 0 Å². The van der Waals surface area contributed by atoms with Gasteiger partial charge >= 0.3 is 11.9 Å². The predicted octanol–water partition coefficient (Wildman–Crippen LogP) is 5.74. The smallest absolute Gasteiger partial charge is 0.337 e.